The molecule has 0 amide bonds. The first-order valence-electron chi connectivity index (χ1n) is 3.98. The van der Waals surface area contributed by atoms with Gasteiger partial charge in [0.25, 0.3) is 0 Å². The molecule has 0 aromatic heterocycles. The van der Waals surface area contributed by atoms with E-state index in [4.69, 9.17) is 11.6 Å². The maximum absolute atomic E-state index is 5.91. The van der Waals surface area contributed by atoms with Gasteiger partial charge in [-0.2, -0.15) is 0 Å². The predicted molar refractivity (Wildman–Crippen MR) is 55.2 cm³/mol. The normalized spacial score (nSPS) is 15.0. The van der Waals surface area contributed by atoms with E-state index in [1.54, 1.807) is 0 Å². The van der Waals surface area contributed by atoms with Gasteiger partial charge >= 0.3 is 0 Å². The molecule has 1 aromatic carbocycles. The standard InChI is InChI=1S/C9H10ClNS/c1-2-11-6-12-9-4-3-7(10)5-8(9)11/h3-5H,2,6H2,1H3. The Morgan fingerprint density at radius 3 is 3.17 bits per heavy atom. The molecule has 0 saturated heterocycles. The van der Waals surface area contributed by atoms with E-state index in [2.05, 4.69) is 17.9 Å². The van der Waals surface area contributed by atoms with E-state index >= 15 is 0 Å². The van der Waals surface area contributed by atoms with Crippen molar-refractivity contribution >= 4 is 29.1 Å². The highest BCUT2D eigenvalue weighted by Gasteiger charge is 2.17. The van der Waals surface area contributed by atoms with Crippen molar-refractivity contribution < 1.29 is 0 Å². The molecule has 0 saturated carbocycles. The van der Waals surface area contributed by atoms with Crippen LogP contribution >= 0.6 is 23.4 Å². The van der Waals surface area contributed by atoms with E-state index in [-0.39, 0.29) is 0 Å². The van der Waals surface area contributed by atoms with Crippen LogP contribution in [0, 0.1) is 0 Å². The molecule has 1 aliphatic rings. The first-order chi connectivity index (χ1) is 5.81. The molecular weight excluding hydrogens is 190 g/mol. The van der Waals surface area contributed by atoms with E-state index in [1.807, 2.05) is 23.9 Å². The van der Waals surface area contributed by atoms with Crippen LogP contribution in [0.5, 0.6) is 0 Å². The van der Waals surface area contributed by atoms with Gasteiger partial charge in [-0.25, -0.2) is 0 Å². The van der Waals surface area contributed by atoms with Crippen LogP contribution < -0.4 is 4.90 Å². The summed E-state index contributed by atoms with van der Waals surface area (Å²) >= 11 is 7.79. The van der Waals surface area contributed by atoms with Crippen molar-refractivity contribution in [3.05, 3.63) is 23.2 Å². The van der Waals surface area contributed by atoms with Crippen LogP contribution in [0.15, 0.2) is 23.1 Å². The second-order valence-electron chi connectivity index (χ2n) is 2.74. The Morgan fingerprint density at radius 2 is 2.42 bits per heavy atom. The van der Waals surface area contributed by atoms with Crippen LogP contribution in [0.4, 0.5) is 5.69 Å². The highest BCUT2D eigenvalue weighted by Crippen LogP contribution is 2.39. The lowest BCUT2D eigenvalue weighted by Crippen LogP contribution is -2.17. The first-order valence-corrected chi connectivity index (χ1v) is 5.35. The summed E-state index contributed by atoms with van der Waals surface area (Å²) in [5, 5.41) is 0.828. The molecule has 0 aliphatic carbocycles. The topological polar surface area (TPSA) is 3.24 Å². The third-order valence-electron chi connectivity index (χ3n) is 2.02. The zero-order chi connectivity index (χ0) is 8.55. The summed E-state index contributed by atoms with van der Waals surface area (Å²) in [4.78, 5) is 3.67. The lowest BCUT2D eigenvalue weighted by atomic mass is 10.3. The molecule has 0 unspecified atom stereocenters. The lowest BCUT2D eigenvalue weighted by molar-refractivity contribution is 0.951. The summed E-state index contributed by atoms with van der Waals surface area (Å²) in [7, 11) is 0. The van der Waals surface area contributed by atoms with Crippen LogP contribution in [-0.2, 0) is 0 Å². The Labute approximate surface area is 81.7 Å². The average Bonchev–Trinajstić information content (AvgIpc) is 2.46. The fraction of sp³-hybridized carbons (Fsp3) is 0.333. The molecular formula is C9H10ClNS. The fourth-order valence-corrected chi connectivity index (χ4v) is 2.62. The molecule has 0 radical (unpaired) electrons. The Morgan fingerprint density at radius 1 is 1.58 bits per heavy atom. The number of hydrogen-bond acceptors (Lipinski definition) is 2. The van der Waals surface area contributed by atoms with Crippen molar-refractivity contribution in [2.75, 3.05) is 17.3 Å². The predicted octanol–water partition coefficient (Wildman–Crippen LogP) is 3.23. The van der Waals surface area contributed by atoms with Gasteiger partial charge in [0.1, 0.15) is 0 Å². The highest BCUT2D eigenvalue weighted by molar-refractivity contribution is 7.99. The Hall–Kier alpha value is -0.340. The minimum atomic E-state index is 0.828. The molecule has 1 aromatic rings. The molecule has 0 bridgehead atoms. The summed E-state index contributed by atoms with van der Waals surface area (Å²) in [5.74, 6) is 1.06. The van der Waals surface area contributed by atoms with Crippen molar-refractivity contribution in [3.8, 4) is 0 Å². The maximum Gasteiger partial charge on any atom is 0.0686 e. The second kappa shape index (κ2) is 3.19. The van der Waals surface area contributed by atoms with E-state index in [9.17, 15) is 0 Å². The molecule has 0 spiro atoms. The number of anilines is 1. The number of hydrogen-bond donors (Lipinski definition) is 0. The van der Waals surface area contributed by atoms with Crippen molar-refractivity contribution in [2.45, 2.75) is 11.8 Å². The van der Waals surface area contributed by atoms with E-state index < -0.39 is 0 Å². The fourth-order valence-electron chi connectivity index (χ4n) is 1.34. The molecule has 64 valence electrons. The number of nitrogens with zero attached hydrogens (tertiary/aromatic N) is 1. The quantitative estimate of drug-likeness (QED) is 0.683. The van der Waals surface area contributed by atoms with Gasteiger partial charge in [0, 0.05) is 16.5 Å². The van der Waals surface area contributed by atoms with Gasteiger partial charge in [0.15, 0.2) is 0 Å². The molecule has 2 rings (SSSR count). The van der Waals surface area contributed by atoms with Crippen molar-refractivity contribution in [2.24, 2.45) is 0 Å². The van der Waals surface area contributed by atoms with Crippen molar-refractivity contribution in [3.63, 3.8) is 0 Å². The molecule has 0 fully saturated rings. The molecule has 1 aliphatic heterocycles. The largest absolute Gasteiger partial charge is 0.361 e. The summed E-state index contributed by atoms with van der Waals surface area (Å²) in [6.07, 6.45) is 0. The molecule has 12 heavy (non-hydrogen) atoms. The van der Waals surface area contributed by atoms with Gasteiger partial charge in [0.05, 0.1) is 11.6 Å². The van der Waals surface area contributed by atoms with Crippen LogP contribution in [-0.4, -0.2) is 12.4 Å². The van der Waals surface area contributed by atoms with E-state index in [1.165, 1.54) is 10.6 Å². The van der Waals surface area contributed by atoms with Gasteiger partial charge in [0.2, 0.25) is 0 Å². The smallest absolute Gasteiger partial charge is 0.0686 e. The molecule has 1 nitrogen and oxygen atoms in total. The number of benzene rings is 1. The number of thioether (sulfide) groups is 1. The molecule has 3 heteroatoms. The molecule has 0 N–H and O–H groups in total. The first kappa shape index (κ1) is 8.27. The Bertz CT molecular complexity index is 301. The summed E-state index contributed by atoms with van der Waals surface area (Å²) < 4.78 is 0. The minimum absolute atomic E-state index is 0.828. The Balaban J connectivity index is 2.42. The third kappa shape index (κ3) is 1.29. The average molecular weight is 200 g/mol. The van der Waals surface area contributed by atoms with Gasteiger partial charge in [-0.3, -0.25) is 0 Å². The number of rotatable bonds is 1. The summed E-state index contributed by atoms with van der Waals surface area (Å²) in [5.41, 5.74) is 1.29. The molecule has 1 heterocycles. The van der Waals surface area contributed by atoms with Crippen LogP contribution in [0.3, 0.4) is 0 Å². The second-order valence-corrected chi connectivity index (χ2v) is 4.16. The van der Waals surface area contributed by atoms with Crippen LogP contribution in [0.2, 0.25) is 5.02 Å². The lowest BCUT2D eigenvalue weighted by Gasteiger charge is -2.14. The zero-order valence-electron chi connectivity index (χ0n) is 6.88. The summed E-state index contributed by atoms with van der Waals surface area (Å²) in [6, 6.07) is 6.09. The number of fused-ring (bicyclic) bond motifs is 1. The van der Waals surface area contributed by atoms with Gasteiger partial charge < -0.3 is 4.90 Å². The van der Waals surface area contributed by atoms with Gasteiger partial charge in [-0.05, 0) is 25.1 Å². The third-order valence-corrected chi connectivity index (χ3v) is 3.35. The highest BCUT2D eigenvalue weighted by atomic mass is 35.5. The zero-order valence-corrected chi connectivity index (χ0v) is 8.45. The van der Waals surface area contributed by atoms with Crippen LogP contribution in [0.25, 0.3) is 0 Å². The number of halogens is 1. The van der Waals surface area contributed by atoms with Crippen molar-refractivity contribution in [1.82, 2.24) is 0 Å². The van der Waals surface area contributed by atoms with Gasteiger partial charge in [-0.15, -0.1) is 11.8 Å². The Kier molecular flexibility index (Phi) is 2.20. The van der Waals surface area contributed by atoms with Crippen molar-refractivity contribution in [1.29, 1.82) is 0 Å². The van der Waals surface area contributed by atoms with Crippen LogP contribution in [0.1, 0.15) is 6.92 Å². The minimum Gasteiger partial charge on any atom is -0.361 e. The van der Waals surface area contributed by atoms with Gasteiger partial charge in [-0.1, -0.05) is 11.6 Å². The van der Waals surface area contributed by atoms with E-state index in [0.717, 1.165) is 17.4 Å². The van der Waals surface area contributed by atoms with E-state index in [0.29, 0.717) is 0 Å². The SMILES string of the molecule is CCN1CSc2ccc(Cl)cc21. The molecule has 0 atom stereocenters. The summed E-state index contributed by atoms with van der Waals surface area (Å²) in [6.45, 7) is 3.22. The monoisotopic (exact) mass is 199 g/mol. The maximum atomic E-state index is 5.91.